The first-order valence-corrected chi connectivity index (χ1v) is 8.51. The van der Waals surface area contributed by atoms with Gasteiger partial charge in [0.1, 0.15) is 12.3 Å². The van der Waals surface area contributed by atoms with Crippen LogP contribution in [0.3, 0.4) is 0 Å². The van der Waals surface area contributed by atoms with Gasteiger partial charge in [0.25, 0.3) is 0 Å². The zero-order valence-electron chi connectivity index (χ0n) is 13.5. The fraction of sp³-hybridized carbons (Fsp3) is 0.350. The molecule has 23 heavy (non-hydrogen) atoms. The molecule has 3 rings (SSSR count). The van der Waals surface area contributed by atoms with Crippen LogP contribution in [0, 0.1) is 0 Å². The minimum absolute atomic E-state index is 0.280. The Labute approximate surface area is 138 Å². The van der Waals surface area contributed by atoms with Gasteiger partial charge in [0.15, 0.2) is 0 Å². The second kappa shape index (κ2) is 7.93. The van der Waals surface area contributed by atoms with Crippen LogP contribution in [0.1, 0.15) is 36.0 Å². The molecular formula is C20H25N2O+. The Morgan fingerprint density at radius 3 is 2.39 bits per heavy atom. The third-order valence-electron chi connectivity index (χ3n) is 4.55. The first-order valence-electron chi connectivity index (χ1n) is 8.51. The SMILES string of the molecule is Oc1ccccc1C=NCc1ccccc1C[NH+]1CCCCC1. The summed E-state index contributed by atoms with van der Waals surface area (Å²) in [7, 11) is 0. The van der Waals surface area contributed by atoms with E-state index in [2.05, 4.69) is 29.3 Å². The minimum Gasteiger partial charge on any atom is -0.507 e. The van der Waals surface area contributed by atoms with Crippen LogP contribution in [0.5, 0.6) is 5.75 Å². The smallest absolute Gasteiger partial charge is 0.124 e. The van der Waals surface area contributed by atoms with Crippen molar-refractivity contribution in [2.24, 2.45) is 4.99 Å². The zero-order chi connectivity index (χ0) is 15.9. The highest BCUT2D eigenvalue weighted by Crippen LogP contribution is 2.14. The number of likely N-dealkylation sites (tertiary alicyclic amines) is 1. The van der Waals surface area contributed by atoms with Crippen LogP contribution >= 0.6 is 0 Å². The molecule has 1 aliphatic heterocycles. The summed E-state index contributed by atoms with van der Waals surface area (Å²) in [5, 5.41) is 9.78. The molecule has 2 aromatic rings. The van der Waals surface area contributed by atoms with Crippen LogP contribution in [0.2, 0.25) is 0 Å². The second-order valence-corrected chi connectivity index (χ2v) is 6.28. The molecule has 0 bridgehead atoms. The zero-order valence-corrected chi connectivity index (χ0v) is 13.5. The third-order valence-corrected chi connectivity index (χ3v) is 4.55. The molecule has 0 radical (unpaired) electrons. The van der Waals surface area contributed by atoms with E-state index in [1.54, 1.807) is 17.2 Å². The van der Waals surface area contributed by atoms with Crippen LogP contribution in [-0.2, 0) is 13.1 Å². The van der Waals surface area contributed by atoms with Crippen LogP contribution in [0.15, 0.2) is 53.5 Å². The average Bonchev–Trinajstić information content (AvgIpc) is 2.59. The summed E-state index contributed by atoms with van der Waals surface area (Å²) in [5.74, 6) is 0.280. The van der Waals surface area contributed by atoms with Crippen LogP contribution in [-0.4, -0.2) is 24.4 Å². The largest absolute Gasteiger partial charge is 0.507 e. The van der Waals surface area contributed by atoms with Crippen molar-refractivity contribution in [2.75, 3.05) is 13.1 Å². The average molecular weight is 309 g/mol. The predicted octanol–water partition coefficient (Wildman–Crippen LogP) is 2.58. The lowest BCUT2D eigenvalue weighted by molar-refractivity contribution is -0.918. The van der Waals surface area contributed by atoms with E-state index in [0.29, 0.717) is 6.54 Å². The van der Waals surface area contributed by atoms with Gasteiger partial charge in [-0.1, -0.05) is 36.4 Å². The summed E-state index contributed by atoms with van der Waals surface area (Å²) in [6.07, 6.45) is 5.85. The van der Waals surface area contributed by atoms with Gasteiger partial charge in [-0.25, -0.2) is 0 Å². The number of phenolic OH excluding ortho intramolecular Hbond substituents is 1. The molecule has 1 fully saturated rings. The van der Waals surface area contributed by atoms with Crippen molar-refractivity contribution >= 4 is 6.21 Å². The fourth-order valence-electron chi connectivity index (χ4n) is 3.22. The van der Waals surface area contributed by atoms with Crippen molar-refractivity contribution in [1.82, 2.24) is 0 Å². The van der Waals surface area contributed by atoms with E-state index in [0.717, 1.165) is 12.1 Å². The van der Waals surface area contributed by atoms with Crippen molar-refractivity contribution in [3.05, 3.63) is 65.2 Å². The molecule has 0 unspecified atom stereocenters. The highest BCUT2D eigenvalue weighted by Gasteiger charge is 2.15. The van der Waals surface area contributed by atoms with E-state index in [-0.39, 0.29) is 5.75 Å². The quantitative estimate of drug-likeness (QED) is 0.819. The number of phenols is 1. The van der Waals surface area contributed by atoms with Crippen molar-refractivity contribution in [3.63, 3.8) is 0 Å². The highest BCUT2D eigenvalue weighted by molar-refractivity contribution is 5.83. The lowest BCUT2D eigenvalue weighted by Gasteiger charge is -2.24. The van der Waals surface area contributed by atoms with Gasteiger partial charge in [-0.3, -0.25) is 4.99 Å². The number of para-hydroxylation sites is 1. The molecule has 1 saturated heterocycles. The molecule has 0 spiro atoms. The molecule has 0 aromatic heterocycles. The molecule has 2 aromatic carbocycles. The van der Waals surface area contributed by atoms with Gasteiger partial charge in [-0.05, 0) is 37.0 Å². The maximum atomic E-state index is 9.78. The number of piperidine rings is 1. The molecule has 1 heterocycles. The molecule has 0 atom stereocenters. The number of nitrogens with zero attached hydrogens (tertiary/aromatic N) is 1. The maximum Gasteiger partial charge on any atom is 0.124 e. The summed E-state index contributed by atoms with van der Waals surface area (Å²) in [4.78, 5) is 6.22. The molecule has 0 amide bonds. The first kappa shape index (κ1) is 15.8. The third kappa shape index (κ3) is 4.42. The first-order chi connectivity index (χ1) is 11.3. The lowest BCUT2D eigenvalue weighted by atomic mass is 10.1. The second-order valence-electron chi connectivity index (χ2n) is 6.28. The molecule has 1 aliphatic rings. The van der Waals surface area contributed by atoms with E-state index >= 15 is 0 Å². The molecular weight excluding hydrogens is 284 g/mol. The van der Waals surface area contributed by atoms with Gasteiger partial charge in [-0.2, -0.15) is 0 Å². The van der Waals surface area contributed by atoms with Gasteiger partial charge in [0.2, 0.25) is 0 Å². The molecule has 0 saturated carbocycles. The van der Waals surface area contributed by atoms with E-state index in [1.807, 2.05) is 18.2 Å². The van der Waals surface area contributed by atoms with Crippen molar-refractivity contribution in [3.8, 4) is 5.75 Å². The van der Waals surface area contributed by atoms with Crippen LogP contribution in [0.4, 0.5) is 0 Å². The Bertz CT molecular complexity index is 660. The highest BCUT2D eigenvalue weighted by atomic mass is 16.3. The van der Waals surface area contributed by atoms with E-state index in [1.165, 1.54) is 43.5 Å². The Kier molecular flexibility index (Phi) is 5.43. The summed E-state index contributed by atoms with van der Waals surface area (Å²) >= 11 is 0. The number of quaternary nitrogens is 1. The maximum absolute atomic E-state index is 9.78. The Morgan fingerprint density at radius 2 is 1.61 bits per heavy atom. The van der Waals surface area contributed by atoms with Gasteiger partial charge >= 0.3 is 0 Å². The minimum atomic E-state index is 0.280. The normalized spacial score (nSPS) is 16.0. The number of hydrogen-bond acceptors (Lipinski definition) is 2. The number of hydrogen-bond donors (Lipinski definition) is 2. The molecule has 0 aliphatic carbocycles. The fourth-order valence-corrected chi connectivity index (χ4v) is 3.22. The van der Waals surface area contributed by atoms with Crippen LogP contribution < -0.4 is 4.90 Å². The molecule has 3 heteroatoms. The van der Waals surface area contributed by atoms with Gasteiger partial charge in [0, 0.05) is 17.3 Å². The topological polar surface area (TPSA) is 37.0 Å². The lowest BCUT2D eigenvalue weighted by Crippen LogP contribution is -3.11. The van der Waals surface area contributed by atoms with Crippen molar-refractivity contribution < 1.29 is 10.0 Å². The molecule has 3 nitrogen and oxygen atoms in total. The van der Waals surface area contributed by atoms with Crippen molar-refractivity contribution in [1.29, 1.82) is 0 Å². The predicted molar refractivity (Wildman–Crippen MR) is 94.1 cm³/mol. The Hall–Kier alpha value is -2.13. The number of aliphatic imine (C=N–C) groups is 1. The Balaban J connectivity index is 1.67. The number of nitrogens with one attached hydrogen (secondary N) is 1. The Morgan fingerprint density at radius 1 is 0.913 bits per heavy atom. The molecule has 2 N–H and O–H groups in total. The summed E-state index contributed by atoms with van der Waals surface area (Å²) in [6.45, 7) is 4.34. The monoisotopic (exact) mass is 309 g/mol. The van der Waals surface area contributed by atoms with Crippen LogP contribution in [0.25, 0.3) is 0 Å². The number of benzene rings is 2. The van der Waals surface area contributed by atoms with E-state index < -0.39 is 0 Å². The van der Waals surface area contributed by atoms with Gasteiger partial charge < -0.3 is 10.0 Å². The summed E-state index contributed by atoms with van der Waals surface area (Å²) in [5.41, 5.74) is 3.46. The standard InChI is InChI=1S/C20H24N2O/c23-20-11-5-4-9-18(20)15-21-14-17-8-2-3-10-19(17)16-22-12-6-1-7-13-22/h2-5,8-11,15,23H,1,6-7,12-14,16H2/p+1. The summed E-state index contributed by atoms with van der Waals surface area (Å²) in [6, 6.07) is 15.9. The van der Waals surface area contributed by atoms with Gasteiger partial charge in [0.05, 0.1) is 19.6 Å². The summed E-state index contributed by atoms with van der Waals surface area (Å²) < 4.78 is 0. The molecule has 120 valence electrons. The van der Waals surface area contributed by atoms with E-state index in [4.69, 9.17) is 0 Å². The van der Waals surface area contributed by atoms with E-state index in [9.17, 15) is 5.11 Å². The number of rotatable bonds is 5. The van der Waals surface area contributed by atoms with Gasteiger partial charge in [-0.15, -0.1) is 0 Å². The number of aromatic hydroxyl groups is 1. The van der Waals surface area contributed by atoms with Crippen molar-refractivity contribution in [2.45, 2.75) is 32.4 Å².